The maximum atomic E-state index is 13.5. The fourth-order valence-electron chi connectivity index (χ4n) is 1.40. The van der Waals surface area contributed by atoms with E-state index in [1.54, 1.807) is 0 Å². The van der Waals surface area contributed by atoms with E-state index in [0.717, 1.165) is 16.7 Å². The summed E-state index contributed by atoms with van der Waals surface area (Å²) in [5.41, 5.74) is -0.762. The molecule has 2 N–H and O–H groups in total. The van der Waals surface area contributed by atoms with Gasteiger partial charge in [-0.25, -0.2) is 4.98 Å². The maximum absolute atomic E-state index is 13.5. The lowest BCUT2D eigenvalue weighted by Gasteiger charge is -2.20. The zero-order valence-electron chi connectivity index (χ0n) is 22.5. The molecule has 0 aliphatic carbocycles. The van der Waals surface area contributed by atoms with Gasteiger partial charge in [0.05, 0.1) is 5.48 Å². The normalized spacial score (nSPS) is 23.2. The van der Waals surface area contributed by atoms with Crippen LogP contribution in [0.25, 0.3) is 11.5 Å². The molecule has 148 valence electrons. The highest BCUT2D eigenvalue weighted by Crippen LogP contribution is 2.26. The van der Waals surface area contributed by atoms with E-state index >= 15 is 0 Å². The van der Waals surface area contributed by atoms with E-state index in [4.69, 9.17) is 25.3 Å². The van der Waals surface area contributed by atoms with Gasteiger partial charge in [0.15, 0.2) is 5.82 Å². The van der Waals surface area contributed by atoms with Gasteiger partial charge in [-0.05, 0) is 25.8 Å². The molecular weight excluding hydrogens is 402 g/mol. The molecule has 13 heteroatoms. The van der Waals surface area contributed by atoms with Gasteiger partial charge in [0.25, 0.3) is 0 Å². The number of nitrogens with one attached hydrogen (secondary N) is 2. The van der Waals surface area contributed by atoms with Crippen molar-refractivity contribution in [2.24, 2.45) is 0 Å². The Bertz CT molecular complexity index is 1090. The monoisotopic (exact) mass is 424 g/mol. The second-order valence-electron chi connectivity index (χ2n) is 4.49. The number of aromatic nitrogens is 4. The first kappa shape index (κ1) is 10.8. The molecule has 2 aromatic heterocycles. The summed E-state index contributed by atoms with van der Waals surface area (Å²) in [6.45, 7) is -8.32. The molecule has 2 rings (SSSR count). The lowest BCUT2D eigenvalue weighted by molar-refractivity contribution is -0.139. The molecule has 0 amide bonds. The summed E-state index contributed by atoms with van der Waals surface area (Å²) < 4.78 is 154. The topological polar surface area (TPSA) is 75.6 Å². The number of hydrogen-bond acceptors (Lipinski definition) is 6. The third-order valence-electron chi connectivity index (χ3n) is 2.50. The Labute approximate surface area is 168 Å². The van der Waals surface area contributed by atoms with Gasteiger partial charge >= 0.3 is 12.4 Å². The Kier molecular flexibility index (Phi) is 3.09. The van der Waals surface area contributed by atoms with Crippen molar-refractivity contribution in [3.8, 4) is 11.5 Å². The molecule has 27 heavy (non-hydrogen) atoms. The third-order valence-corrected chi connectivity index (χ3v) is 2.69. The average molecular weight is 425 g/mol. The van der Waals surface area contributed by atoms with E-state index in [0.29, 0.717) is 0 Å². The van der Waals surface area contributed by atoms with Crippen molar-refractivity contribution in [1.82, 2.24) is 19.9 Å². The second-order valence-corrected chi connectivity index (χ2v) is 4.84. The summed E-state index contributed by atoms with van der Waals surface area (Å²) in [4.78, 5) is 13.4. The van der Waals surface area contributed by atoms with Crippen molar-refractivity contribution < 1.29 is 40.1 Å². The summed E-state index contributed by atoms with van der Waals surface area (Å²) in [5, 5.41) is 1.64. The smallest absolute Gasteiger partial charge is 0.343 e. The van der Waals surface area contributed by atoms with Crippen LogP contribution in [0.4, 0.5) is 38.2 Å². The number of nitrogens with zero attached hydrogens (tertiary/aromatic N) is 4. The largest absolute Gasteiger partial charge is 0.408 e. The molecule has 0 aromatic carbocycles. The number of hydrogen-bond donors (Lipinski definition) is 2. The van der Waals surface area contributed by atoms with Gasteiger partial charge in [0, 0.05) is 8.22 Å². The molecule has 0 fully saturated rings. The number of anilines is 2. The summed E-state index contributed by atoms with van der Waals surface area (Å²) >= 11 is 5.68. The summed E-state index contributed by atoms with van der Waals surface area (Å²) in [6, 6.07) is -9.58. The predicted octanol–water partition coefficient (Wildman–Crippen LogP) is 4.31. The molecule has 0 radical (unpaired) electrons. The van der Waals surface area contributed by atoms with E-state index in [1.807, 2.05) is 0 Å². The van der Waals surface area contributed by atoms with Crippen molar-refractivity contribution >= 4 is 23.5 Å². The van der Waals surface area contributed by atoms with Crippen LogP contribution >= 0.6 is 11.6 Å². The SMILES string of the molecule is [2H]c1cc([2H])c(-c2nc(NC([2H])(C([2H])([2H])[2H])C(F)(F)F)nc(NC([2H])(C([2H])([2H])[2H])C(F)(F)F)n2)nc1Cl. The van der Waals surface area contributed by atoms with Gasteiger partial charge in [-0.1, -0.05) is 17.7 Å². The minimum atomic E-state index is -5.85. The van der Waals surface area contributed by atoms with Crippen LogP contribution in [0.5, 0.6) is 0 Å². The number of rotatable bonds is 5. The van der Waals surface area contributed by atoms with Crippen LogP contribution in [0.3, 0.4) is 0 Å². The number of alkyl halides is 6. The van der Waals surface area contributed by atoms with Crippen LogP contribution < -0.4 is 10.6 Å². The summed E-state index contributed by atoms with van der Waals surface area (Å²) in [6.07, 6.45) is -11.7. The first-order valence-corrected chi connectivity index (χ1v) is 6.82. The van der Waals surface area contributed by atoms with Crippen LogP contribution in [0.1, 0.15) is 27.4 Å². The fraction of sp³-hybridized carbons (Fsp3) is 0.429. The Morgan fingerprint density at radius 3 is 1.93 bits per heavy atom. The van der Waals surface area contributed by atoms with Crippen molar-refractivity contribution in [1.29, 1.82) is 0 Å². The van der Waals surface area contributed by atoms with Gasteiger partial charge in [-0.15, -0.1) is 0 Å². The van der Waals surface area contributed by atoms with E-state index in [1.165, 1.54) is 0 Å². The first-order valence-electron chi connectivity index (χ1n) is 11.4. The van der Waals surface area contributed by atoms with Crippen LogP contribution in [0.2, 0.25) is 5.15 Å². The van der Waals surface area contributed by atoms with Gasteiger partial charge in [0.2, 0.25) is 11.9 Å². The Balaban J connectivity index is 2.84. The van der Waals surface area contributed by atoms with Crippen LogP contribution in [-0.2, 0) is 0 Å². The van der Waals surface area contributed by atoms with Crippen LogP contribution in [0.15, 0.2) is 18.2 Å². The van der Waals surface area contributed by atoms with Crippen LogP contribution in [-0.4, -0.2) is 44.3 Å². The number of pyridine rings is 1. The molecule has 0 saturated carbocycles. The Morgan fingerprint density at radius 1 is 0.963 bits per heavy atom. The lowest BCUT2D eigenvalue weighted by atomic mass is 10.3. The second kappa shape index (κ2) is 7.71. The predicted molar refractivity (Wildman–Crippen MR) is 86.3 cm³/mol. The molecule has 2 unspecified atom stereocenters. The summed E-state index contributed by atoms with van der Waals surface area (Å²) in [5.74, 6) is -4.08. The minimum Gasteiger partial charge on any atom is -0.343 e. The minimum absolute atomic E-state index is 0.518. The Hall–Kier alpha value is -2.37. The molecule has 2 aromatic rings. The zero-order valence-corrected chi connectivity index (χ0v) is 13.3. The van der Waals surface area contributed by atoms with Crippen LogP contribution in [0, 0.1) is 0 Å². The third kappa shape index (κ3) is 5.81. The summed E-state index contributed by atoms with van der Waals surface area (Å²) in [7, 11) is 0. The van der Waals surface area contributed by atoms with Gasteiger partial charge in [-0.3, -0.25) is 0 Å². The number of halogens is 7. The molecule has 2 heterocycles. The van der Waals surface area contributed by atoms with Gasteiger partial charge in [-0.2, -0.15) is 41.3 Å². The molecule has 0 spiro atoms. The van der Waals surface area contributed by atoms with Gasteiger partial charge < -0.3 is 10.6 Å². The first-order chi connectivity index (χ1) is 16.3. The van der Waals surface area contributed by atoms with Crippen molar-refractivity contribution in [3.63, 3.8) is 0 Å². The molecule has 0 bridgehead atoms. The zero-order chi connectivity index (χ0) is 29.0. The van der Waals surface area contributed by atoms with E-state index in [-0.39, 0.29) is 0 Å². The average Bonchev–Trinajstić information content (AvgIpc) is 2.67. The van der Waals surface area contributed by atoms with Crippen molar-refractivity contribution in [2.75, 3.05) is 10.6 Å². The molecule has 2 atom stereocenters. The fourth-order valence-corrected chi connectivity index (χ4v) is 1.54. The highest BCUT2D eigenvalue weighted by Gasteiger charge is 2.38. The Morgan fingerprint density at radius 2 is 1.48 bits per heavy atom. The lowest BCUT2D eigenvalue weighted by Crippen LogP contribution is -2.35. The molecule has 0 saturated heterocycles. The highest BCUT2D eigenvalue weighted by atomic mass is 35.5. The quantitative estimate of drug-likeness (QED) is 0.550. The van der Waals surface area contributed by atoms with E-state index < -0.39 is 78.7 Å². The molecule has 6 nitrogen and oxygen atoms in total. The molecule has 0 aliphatic heterocycles. The molecular formula is C14H13ClF6N6. The van der Waals surface area contributed by atoms with Crippen molar-refractivity contribution in [3.05, 3.63) is 23.3 Å². The highest BCUT2D eigenvalue weighted by molar-refractivity contribution is 6.29. The maximum Gasteiger partial charge on any atom is 0.408 e. The van der Waals surface area contributed by atoms with E-state index in [2.05, 4.69) is 19.9 Å². The van der Waals surface area contributed by atoms with E-state index in [9.17, 15) is 26.3 Å². The molecule has 0 aliphatic rings. The van der Waals surface area contributed by atoms with Gasteiger partial charge in [0.1, 0.15) is 22.9 Å². The van der Waals surface area contributed by atoms with Crippen molar-refractivity contribution in [2.45, 2.75) is 38.1 Å². The standard InChI is InChI=1S/C14H13ClF6N6/c1-6(13(16,17)18)22-11-25-10(8-4-3-5-9(15)24-8)26-12(27-11)23-7(2)14(19,20)21/h3-7H,1-2H3,(H2,22,23,25,26,27)/i1D3,2D3,4D,5D,6D,7D.